The molecule has 0 saturated carbocycles. The highest BCUT2D eigenvalue weighted by Crippen LogP contribution is 2.19. The normalized spacial score (nSPS) is 10.8. The van der Waals surface area contributed by atoms with Crippen LogP contribution in [0.4, 0.5) is 11.5 Å². The van der Waals surface area contributed by atoms with Crippen molar-refractivity contribution in [2.24, 2.45) is 0 Å². The fourth-order valence-corrected chi connectivity index (χ4v) is 3.39. The van der Waals surface area contributed by atoms with Gasteiger partial charge in [-0.25, -0.2) is 9.48 Å². The number of benzene rings is 2. The first kappa shape index (κ1) is 19.3. The maximum atomic E-state index is 12.5. The van der Waals surface area contributed by atoms with Gasteiger partial charge >= 0.3 is 5.69 Å². The molecule has 0 spiro atoms. The fourth-order valence-electron chi connectivity index (χ4n) is 3.39. The van der Waals surface area contributed by atoms with Crippen LogP contribution < -0.4 is 21.9 Å². The maximum Gasteiger partial charge on any atom is 0.330 e. The molecule has 0 aliphatic carbocycles. The lowest BCUT2D eigenvalue weighted by molar-refractivity contribution is 0.725. The molecular formula is C22H22N6O2. The zero-order valence-corrected chi connectivity index (χ0v) is 16.5. The molecule has 4 aromatic rings. The Morgan fingerprint density at radius 1 is 1.00 bits per heavy atom. The second-order valence-corrected chi connectivity index (χ2v) is 7.05. The number of rotatable bonds is 6. The zero-order valence-electron chi connectivity index (χ0n) is 16.5. The van der Waals surface area contributed by atoms with Crippen molar-refractivity contribution in [1.82, 2.24) is 19.3 Å². The Morgan fingerprint density at radius 3 is 2.37 bits per heavy atom. The summed E-state index contributed by atoms with van der Waals surface area (Å²) >= 11 is 0. The van der Waals surface area contributed by atoms with E-state index in [-0.39, 0.29) is 18.1 Å². The van der Waals surface area contributed by atoms with E-state index in [9.17, 15) is 9.59 Å². The van der Waals surface area contributed by atoms with Crippen molar-refractivity contribution in [3.63, 3.8) is 0 Å². The Hall–Kier alpha value is -4.07. The van der Waals surface area contributed by atoms with Gasteiger partial charge in [0.15, 0.2) is 0 Å². The summed E-state index contributed by atoms with van der Waals surface area (Å²) in [4.78, 5) is 29.0. The van der Waals surface area contributed by atoms with E-state index in [2.05, 4.69) is 10.1 Å². The van der Waals surface area contributed by atoms with E-state index in [1.54, 1.807) is 22.8 Å². The molecule has 0 aliphatic heterocycles. The topological polar surface area (TPSA) is 102 Å². The Labute approximate surface area is 172 Å². The molecule has 0 saturated heterocycles. The number of anilines is 2. The van der Waals surface area contributed by atoms with Gasteiger partial charge in [-0.1, -0.05) is 48.5 Å². The van der Waals surface area contributed by atoms with Crippen LogP contribution in [0.5, 0.6) is 0 Å². The highest BCUT2D eigenvalue weighted by atomic mass is 16.2. The first-order chi connectivity index (χ1) is 14.5. The highest BCUT2D eigenvalue weighted by Gasteiger charge is 2.17. The molecule has 0 aliphatic rings. The monoisotopic (exact) mass is 402 g/mol. The van der Waals surface area contributed by atoms with Crippen molar-refractivity contribution < 1.29 is 0 Å². The van der Waals surface area contributed by atoms with E-state index >= 15 is 0 Å². The minimum atomic E-state index is -0.532. The van der Waals surface area contributed by atoms with E-state index in [1.165, 1.54) is 4.57 Å². The Kier molecular flexibility index (Phi) is 5.21. The van der Waals surface area contributed by atoms with E-state index in [0.717, 1.165) is 16.8 Å². The molecule has 2 heterocycles. The molecule has 0 atom stereocenters. The Balaban J connectivity index is 1.62. The molecule has 30 heavy (non-hydrogen) atoms. The number of para-hydroxylation sites is 1. The van der Waals surface area contributed by atoms with Gasteiger partial charge in [0.1, 0.15) is 11.5 Å². The Morgan fingerprint density at radius 2 is 1.67 bits per heavy atom. The quantitative estimate of drug-likeness (QED) is 0.514. The van der Waals surface area contributed by atoms with Crippen molar-refractivity contribution in [2.75, 3.05) is 17.7 Å². The van der Waals surface area contributed by atoms with Crippen molar-refractivity contribution in [2.45, 2.75) is 13.1 Å². The molecule has 0 bridgehead atoms. The number of aromatic amines is 1. The number of aromatic nitrogens is 4. The van der Waals surface area contributed by atoms with Crippen LogP contribution in [0.1, 0.15) is 11.1 Å². The predicted molar refractivity (Wildman–Crippen MR) is 117 cm³/mol. The molecule has 3 N–H and O–H groups in total. The molecule has 2 aromatic heterocycles. The second-order valence-electron chi connectivity index (χ2n) is 7.05. The number of nitrogen functional groups attached to an aromatic ring is 1. The molecule has 4 rings (SSSR count). The van der Waals surface area contributed by atoms with Crippen LogP contribution in [0.25, 0.3) is 5.69 Å². The smallest absolute Gasteiger partial charge is 0.330 e. The summed E-state index contributed by atoms with van der Waals surface area (Å²) in [5.41, 5.74) is 8.23. The van der Waals surface area contributed by atoms with Crippen molar-refractivity contribution in [1.29, 1.82) is 0 Å². The van der Waals surface area contributed by atoms with Crippen LogP contribution in [0.3, 0.4) is 0 Å². The minimum absolute atomic E-state index is 0.130. The van der Waals surface area contributed by atoms with Gasteiger partial charge < -0.3 is 10.6 Å². The summed E-state index contributed by atoms with van der Waals surface area (Å²) in [5.74, 6) is 0.130. The molecule has 8 nitrogen and oxygen atoms in total. The SMILES string of the molecule is CN(Cc1cnn(-c2ccccc2)c1)c1c(N)n(Cc2ccccc2)c(=O)[nH]c1=O. The fraction of sp³-hybridized carbons (Fsp3) is 0.136. The second kappa shape index (κ2) is 8.12. The van der Waals surface area contributed by atoms with Crippen LogP contribution >= 0.6 is 0 Å². The zero-order chi connectivity index (χ0) is 21.1. The standard InChI is InChI=1S/C22H22N6O2/c1-26(13-17-12-24-28(15-17)18-10-6-3-7-11-18)19-20(23)27(22(30)25-21(19)29)14-16-8-4-2-5-9-16/h2-12,15H,13-14,23H2,1H3,(H,25,29,30). The Bertz CT molecular complexity index is 1260. The summed E-state index contributed by atoms with van der Waals surface area (Å²) in [6.45, 7) is 0.679. The molecule has 0 amide bonds. The average Bonchev–Trinajstić information content (AvgIpc) is 3.21. The number of nitrogens with two attached hydrogens (primary N) is 1. The van der Waals surface area contributed by atoms with Crippen LogP contribution in [-0.2, 0) is 13.1 Å². The van der Waals surface area contributed by atoms with Crippen LogP contribution in [0.2, 0.25) is 0 Å². The number of hydrogen-bond donors (Lipinski definition) is 2. The van der Waals surface area contributed by atoms with Crippen molar-refractivity contribution >= 4 is 11.5 Å². The van der Waals surface area contributed by atoms with Gasteiger partial charge in [-0.05, 0) is 17.7 Å². The van der Waals surface area contributed by atoms with E-state index in [1.807, 2.05) is 66.9 Å². The van der Waals surface area contributed by atoms with Gasteiger partial charge in [-0.2, -0.15) is 5.10 Å². The van der Waals surface area contributed by atoms with Crippen molar-refractivity contribution in [3.05, 3.63) is 105 Å². The number of nitrogens with zero attached hydrogens (tertiary/aromatic N) is 4. The third-order valence-corrected chi connectivity index (χ3v) is 4.86. The van der Waals surface area contributed by atoms with E-state index in [4.69, 9.17) is 5.73 Å². The predicted octanol–water partition coefficient (Wildman–Crippen LogP) is 1.99. The molecule has 0 radical (unpaired) electrons. The molecular weight excluding hydrogens is 380 g/mol. The lowest BCUT2D eigenvalue weighted by Gasteiger charge is -2.21. The van der Waals surface area contributed by atoms with E-state index in [0.29, 0.717) is 6.54 Å². The summed E-state index contributed by atoms with van der Waals surface area (Å²) in [6, 6.07) is 19.2. The number of H-pyrrole nitrogens is 1. The number of nitrogens with one attached hydrogen (secondary N) is 1. The third kappa shape index (κ3) is 3.88. The molecule has 8 heteroatoms. The lowest BCUT2D eigenvalue weighted by atomic mass is 10.2. The first-order valence-electron chi connectivity index (χ1n) is 9.49. The molecule has 152 valence electrons. The minimum Gasteiger partial charge on any atom is -0.383 e. The van der Waals surface area contributed by atoms with Gasteiger partial charge in [0, 0.05) is 25.4 Å². The molecule has 0 fully saturated rings. The van der Waals surface area contributed by atoms with Crippen LogP contribution in [0, 0.1) is 0 Å². The summed E-state index contributed by atoms with van der Waals surface area (Å²) in [5, 5.41) is 4.38. The van der Waals surface area contributed by atoms with Gasteiger partial charge in [-0.3, -0.25) is 14.3 Å². The molecule has 0 unspecified atom stereocenters. The van der Waals surface area contributed by atoms with E-state index < -0.39 is 11.2 Å². The third-order valence-electron chi connectivity index (χ3n) is 4.86. The maximum absolute atomic E-state index is 12.5. The van der Waals surface area contributed by atoms with Crippen LogP contribution in [0.15, 0.2) is 82.6 Å². The van der Waals surface area contributed by atoms with Crippen molar-refractivity contribution in [3.8, 4) is 5.69 Å². The van der Waals surface area contributed by atoms with Gasteiger partial charge in [-0.15, -0.1) is 0 Å². The summed E-state index contributed by atoms with van der Waals surface area (Å²) in [7, 11) is 1.76. The number of hydrogen-bond acceptors (Lipinski definition) is 5. The largest absolute Gasteiger partial charge is 0.383 e. The van der Waals surface area contributed by atoms with Gasteiger partial charge in [0.05, 0.1) is 18.4 Å². The van der Waals surface area contributed by atoms with Gasteiger partial charge in [0.25, 0.3) is 5.56 Å². The summed E-state index contributed by atoms with van der Waals surface area (Å²) < 4.78 is 3.14. The first-order valence-corrected chi connectivity index (χ1v) is 9.49. The summed E-state index contributed by atoms with van der Waals surface area (Å²) in [6.07, 6.45) is 3.64. The highest BCUT2D eigenvalue weighted by molar-refractivity contribution is 5.62. The van der Waals surface area contributed by atoms with Gasteiger partial charge in [0.2, 0.25) is 0 Å². The van der Waals surface area contributed by atoms with Crippen LogP contribution in [-0.4, -0.2) is 26.4 Å². The lowest BCUT2D eigenvalue weighted by Crippen LogP contribution is -2.37. The average molecular weight is 402 g/mol. The molecule has 2 aromatic carbocycles.